The van der Waals surface area contributed by atoms with E-state index < -0.39 is 0 Å². The summed E-state index contributed by atoms with van der Waals surface area (Å²) in [6.07, 6.45) is 5.64. The Morgan fingerprint density at radius 1 is 1.27 bits per heavy atom. The molecule has 0 bridgehead atoms. The highest BCUT2D eigenvalue weighted by Gasteiger charge is 2.16. The predicted octanol–water partition coefficient (Wildman–Crippen LogP) is 0.591. The van der Waals surface area contributed by atoms with E-state index in [9.17, 15) is 0 Å². The number of hydrogen-bond acceptors (Lipinski definition) is 4. The Hall–Kier alpha value is -1.49. The van der Waals surface area contributed by atoms with E-state index in [1.54, 1.807) is 17.2 Å². The molecular formula is C10H13N5. The van der Waals surface area contributed by atoms with Crippen LogP contribution in [-0.2, 0) is 0 Å². The number of piperidine rings is 1. The maximum absolute atomic E-state index is 4.44. The normalized spacial score (nSPS) is 18.4. The van der Waals surface area contributed by atoms with Crippen molar-refractivity contribution in [2.75, 3.05) is 13.1 Å². The Kier molecular flexibility index (Phi) is 2.10. The summed E-state index contributed by atoms with van der Waals surface area (Å²) < 4.78 is 1.70. The van der Waals surface area contributed by atoms with E-state index in [4.69, 9.17) is 0 Å². The van der Waals surface area contributed by atoms with E-state index in [2.05, 4.69) is 20.4 Å². The summed E-state index contributed by atoms with van der Waals surface area (Å²) >= 11 is 0. The van der Waals surface area contributed by atoms with Crippen LogP contribution in [0.15, 0.2) is 18.7 Å². The number of nitrogens with one attached hydrogen (secondary N) is 1. The molecule has 1 N–H and O–H groups in total. The summed E-state index contributed by atoms with van der Waals surface area (Å²) in [7, 11) is 0. The molecule has 0 aromatic carbocycles. The van der Waals surface area contributed by atoms with Crippen molar-refractivity contribution in [2.45, 2.75) is 18.8 Å². The highest BCUT2D eigenvalue weighted by molar-refractivity contribution is 5.37. The third-order valence-electron chi connectivity index (χ3n) is 2.95. The van der Waals surface area contributed by atoms with Gasteiger partial charge >= 0.3 is 0 Å². The van der Waals surface area contributed by atoms with Gasteiger partial charge in [-0.15, -0.1) is 0 Å². The lowest BCUT2D eigenvalue weighted by Gasteiger charge is -2.21. The van der Waals surface area contributed by atoms with Crippen molar-refractivity contribution < 1.29 is 0 Å². The van der Waals surface area contributed by atoms with Gasteiger partial charge in [0, 0.05) is 17.7 Å². The molecule has 5 heteroatoms. The Balaban J connectivity index is 1.95. The average molecular weight is 203 g/mol. The van der Waals surface area contributed by atoms with Crippen molar-refractivity contribution in [1.29, 1.82) is 0 Å². The van der Waals surface area contributed by atoms with Gasteiger partial charge in [-0.1, -0.05) is 0 Å². The molecule has 0 aliphatic carbocycles. The van der Waals surface area contributed by atoms with Gasteiger partial charge in [-0.05, 0) is 25.9 Å². The number of rotatable bonds is 1. The first-order valence-electron chi connectivity index (χ1n) is 5.29. The summed E-state index contributed by atoms with van der Waals surface area (Å²) in [5.41, 5.74) is 2.04. The van der Waals surface area contributed by atoms with Crippen LogP contribution < -0.4 is 5.32 Å². The molecule has 0 saturated carbocycles. The molecule has 1 aliphatic rings. The lowest BCUT2D eigenvalue weighted by molar-refractivity contribution is 0.452. The molecule has 5 nitrogen and oxygen atoms in total. The van der Waals surface area contributed by atoms with E-state index in [1.165, 1.54) is 0 Å². The van der Waals surface area contributed by atoms with E-state index in [0.29, 0.717) is 5.92 Å². The van der Waals surface area contributed by atoms with Gasteiger partial charge in [-0.25, -0.2) is 14.5 Å². The quantitative estimate of drug-likeness (QED) is 0.737. The molecule has 2 aromatic heterocycles. The van der Waals surface area contributed by atoms with Crippen molar-refractivity contribution in [3.63, 3.8) is 0 Å². The van der Waals surface area contributed by atoms with Gasteiger partial charge in [0.2, 0.25) is 0 Å². The summed E-state index contributed by atoms with van der Waals surface area (Å²) in [6, 6.07) is 2.04. The minimum atomic E-state index is 0.577. The molecule has 0 amide bonds. The van der Waals surface area contributed by atoms with Crippen LogP contribution >= 0.6 is 0 Å². The van der Waals surface area contributed by atoms with Crippen LogP contribution in [0.25, 0.3) is 5.65 Å². The SMILES string of the molecule is c1nc2cc(C3CCNCC3)ncn2n1. The van der Waals surface area contributed by atoms with Crippen molar-refractivity contribution in [3.05, 3.63) is 24.4 Å². The first-order chi connectivity index (χ1) is 7.43. The summed E-state index contributed by atoms with van der Waals surface area (Å²) in [4.78, 5) is 8.61. The second-order valence-corrected chi connectivity index (χ2v) is 3.90. The Morgan fingerprint density at radius 2 is 2.13 bits per heavy atom. The predicted molar refractivity (Wildman–Crippen MR) is 55.6 cm³/mol. The van der Waals surface area contributed by atoms with Crippen LogP contribution in [0.1, 0.15) is 24.5 Å². The fourth-order valence-corrected chi connectivity index (χ4v) is 2.08. The molecular weight excluding hydrogens is 190 g/mol. The van der Waals surface area contributed by atoms with Gasteiger partial charge in [0.15, 0.2) is 5.65 Å². The number of hydrogen-bond donors (Lipinski definition) is 1. The smallest absolute Gasteiger partial charge is 0.158 e. The minimum absolute atomic E-state index is 0.577. The molecule has 2 aromatic rings. The zero-order valence-corrected chi connectivity index (χ0v) is 8.43. The van der Waals surface area contributed by atoms with Crippen molar-refractivity contribution in [2.24, 2.45) is 0 Å². The highest BCUT2D eigenvalue weighted by Crippen LogP contribution is 2.23. The number of fused-ring (bicyclic) bond motifs is 1. The Morgan fingerprint density at radius 3 is 3.00 bits per heavy atom. The largest absolute Gasteiger partial charge is 0.317 e. The van der Waals surface area contributed by atoms with Gasteiger partial charge in [0.1, 0.15) is 12.7 Å². The second kappa shape index (κ2) is 3.58. The van der Waals surface area contributed by atoms with Gasteiger partial charge in [0.25, 0.3) is 0 Å². The van der Waals surface area contributed by atoms with Gasteiger partial charge in [-0.2, -0.15) is 5.10 Å². The third kappa shape index (κ3) is 1.59. The highest BCUT2D eigenvalue weighted by atomic mass is 15.3. The van der Waals surface area contributed by atoms with E-state index in [-0.39, 0.29) is 0 Å². The minimum Gasteiger partial charge on any atom is -0.317 e. The van der Waals surface area contributed by atoms with Crippen LogP contribution in [0.2, 0.25) is 0 Å². The molecule has 1 saturated heterocycles. The molecule has 1 aliphatic heterocycles. The van der Waals surface area contributed by atoms with Crippen LogP contribution in [-0.4, -0.2) is 32.7 Å². The van der Waals surface area contributed by atoms with Gasteiger partial charge in [0.05, 0.1) is 0 Å². The van der Waals surface area contributed by atoms with Crippen LogP contribution in [0, 0.1) is 0 Å². The van der Waals surface area contributed by atoms with Crippen molar-refractivity contribution in [3.8, 4) is 0 Å². The van der Waals surface area contributed by atoms with Gasteiger partial charge < -0.3 is 5.32 Å². The standard InChI is InChI=1S/C10H13N5/c1-3-11-4-2-8(1)9-5-10-12-6-14-15(10)7-13-9/h5-8,11H,1-4H2. The van der Waals surface area contributed by atoms with Crippen LogP contribution in [0.5, 0.6) is 0 Å². The average Bonchev–Trinajstić information content (AvgIpc) is 2.77. The zero-order chi connectivity index (χ0) is 10.1. The lowest BCUT2D eigenvalue weighted by atomic mass is 9.94. The zero-order valence-electron chi connectivity index (χ0n) is 8.43. The van der Waals surface area contributed by atoms with E-state index in [0.717, 1.165) is 37.3 Å². The molecule has 1 fully saturated rings. The van der Waals surface area contributed by atoms with Gasteiger partial charge in [-0.3, -0.25) is 0 Å². The topological polar surface area (TPSA) is 55.1 Å². The maximum atomic E-state index is 4.44. The molecule has 0 radical (unpaired) electrons. The maximum Gasteiger partial charge on any atom is 0.158 e. The summed E-state index contributed by atoms with van der Waals surface area (Å²) in [6.45, 7) is 2.18. The summed E-state index contributed by atoms with van der Waals surface area (Å²) in [5.74, 6) is 0.577. The third-order valence-corrected chi connectivity index (χ3v) is 2.95. The monoisotopic (exact) mass is 203 g/mol. The first kappa shape index (κ1) is 8.79. The lowest BCUT2D eigenvalue weighted by Crippen LogP contribution is -2.27. The van der Waals surface area contributed by atoms with E-state index in [1.807, 2.05) is 6.07 Å². The molecule has 0 unspecified atom stereocenters. The van der Waals surface area contributed by atoms with Crippen LogP contribution in [0.4, 0.5) is 0 Å². The Labute approximate surface area is 87.5 Å². The molecule has 78 valence electrons. The van der Waals surface area contributed by atoms with E-state index >= 15 is 0 Å². The fourth-order valence-electron chi connectivity index (χ4n) is 2.08. The first-order valence-corrected chi connectivity index (χ1v) is 5.29. The number of aromatic nitrogens is 4. The van der Waals surface area contributed by atoms with Crippen LogP contribution in [0.3, 0.4) is 0 Å². The van der Waals surface area contributed by atoms with Crippen molar-refractivity contribution in [1.82, 2.24) is 24.9 Å². The molecule has 3 heterocycles. The molecule has 0 spiro atoms. The second-order valence-electron chi connectivity index (χ2n) is 3.90. The Bertz CT molecular complexity index is 458. The molecule has 0 atom stereocenters. The molecule has 3 rings (SSSR count). The van der Waals surface area contributed by atoms with Crippen molar-refractivity contribution >= 4 is 5.65 Å². The number of nitrogens with zero attached hydrogens (tertiary/aromatic N) is 4. The molecule has 15 heavy (non-hydrogen) atoms. The fraction of sp³-hybridized carbons (Fsp3) is 0.500. The summed E-state index contributed by atoms with van der Waals surface area (Å²) in [5, 5.41) is 7.39.